The van der Waals surface area contributed by atoms with Gasteiger partial charge in [-0.3, -0.25) is 0 Å². The van der Waals surface area contributed by atoms with Crippen LogP contribution in [0.4, 0.5) is 0 Å². The molecular weight excluding hydrogens is 105 g/mol. The lowest BCUT2D eigenvalue weighted by Crippen LogP contribution is -1.78. The Morgan fingerprint density at radius 1 is 1.14 bits per heavy atom. The second kappa shape index (κ2) is 2.59. The van der Waals surface area contributed by atoms with Gasteiger partial charge >= 0.3 is 0 Å². The van der Waals surface area contributed by atoms with E-state index in [1.807, 2.05) is 30.2 Å². The number of nitrogens with one attached hydrogen (secondary N) is 1. The minimum Gasteiger partial charge on any atom is -0.345 e. The molecule has 1 aliphatic rings. The van der Waals surface area contributed by atoms with Crippen molar-refractivity contribution in [1.29, 1.82) is 0 Å². The molecule has 0 saturated heterocycles. The van der Waals surface area contributed by atoms with E-state index in [9.17, 15) is 0 Å². The van der Waals surface area contributed by atoms with Crippen LogP contribution in [-0.2, 0) is 0 Å². The highest BCUT2D eigenvalue weighted by molar-refractivity contribution is 7.36. The first-order chi connectivity index (χ1) is 3.50. The van der Waals surface area contributed by atoms with Crippen LogP contribution in [-0.4, -0.2) is 5.80 Å². The van der Waals surface area contributed by atoms with Crippen molar-refractivity contribution >= 4 is 14.2 Å². The van der Waals surface area contributed by atoms with Crippen LogP contribution in [0.5, 0.6) is 0 Å². The van der Waals surface area contributed by atoms with Crippen molar-refractivity contribution in [2.24, 2.45) is 0 Å². The van der Waals surface area contributed by atoms with E-state index in [1.54, 1.807) is 0 Å². The lowest BCUT2D eigenvalue weighted by atomic mass is 10.5. The van der Waals surface area contributed by atoms with Crippen molar-refractivity contribution in [2.45, 2.75) is 0 Å². The quantitative estimate of drug-likeness (QED) is 0.465. The van der Waals surface area contributed by atoms with E-state index in [2.05, 4.69) is 5.09 Å². The summed E-state index contributed by atoms with van der Waals surface area (Å²) in [4.78, 5) is 0. The highest BCUT2D eigenvalue weighted by Crippen LogP contribution is 1.89. The molecule has 7 heavy (non-hydrogen) atoms. The average Bonchev–Trinajstić information content (AvgIpc) is 1.90. The van der Waals surface area contributed by atoms with E-state index in [4.69, 9.17) is 0 Å². The third kappa shape index (κ3) is 1.56. The van der Waals surface area contributed by atoms with Crippen molar-refractivity contribution in [3.8, 4) is 0 Å². The summed E-state index contributed by atoms with van der Waals surface area (Å²) >= 11 is 0. The lowest BCUT2D eigenvalue weighted by molar-refractivity contribution is 1.42. The van der Waals surface area contributed by atoms with Gasteiger partial charge in [0.2, 0.25) is 0 Å². The molecule has 0 aromatic carbocycles. The standard InChI is InChI=1S/C5H6NP/c1-2-4-6-7-5-3-1/h1-6H. The largest absolute Gasteiger partial charge is 0.345 e. The normalized spacial score (nSPS) is 18.3. The fourth-order valence-corrected chi connectivity index (χ4v) is 0.785. The van der Waals surface area contributed by atoms with E-state index in [-0.39, 0.29) is 0 Å². The smallest absolute Gasteiger partial charge is 0.0102 e. The molecule has 0 spiro atoms. The van der Waals surface area contributed by atoms with Gasteiger partial charge in [0.1, 0.15) is 0 Å². The maximum absolute atomic E-state index is 3.02. The molecule has 2 heteroatoms. The van der Waals surface area contributed by atoms with E-state index in [0.29, 0.717) is 0 Å². The van der Waals surface area contributed by atoms with Gasteiger partial charge in [0.15, 0.2) is 0 Å². The molecule has 1 N–H and O–H groups in total. The molecule has 0 unspecified atom stereocenters. The summed E-state index contributed by atoms with van der Waals surface area (Å²) in [5, 5.41) is 3.02. The molecule has 0 aromatic heterocycles. The van der Waals surface area contributed by atoms with Gasteiger partial charge in [-0.1, -0.05) is 12.2 Å². The average molecular weight is 111 g/mol. The molecule has 1 heterocycles. The molecule has 36 valence electrons. The minimum absolute atomic E-state index is 1.16. The van der Waals surface area contributed by atoms with Crippen molar-refractivity contribution in [3.63, 3.8) is 0 Å². The van der Waals surface area contributed by atoms with Gasteiger partial charge in [-0.15, -0.1) is 0 Å². The van der Waals surface area contributed by atoms with Crippen LogP contribution in [0.25, 0.3) is 0 Å². The zero-order chi connectivity index (χ0) is 4.95. The zero-order valence-corrected chi connectivity index (χ0v) is 4.73. The van der Waals surface area contributed by atoms with E-state index in [1.165, 1.54) is 0 Å². The van der Waals surface area contributed by atoms with Crippen LogP contribution < -0.4 is 5.09 Å². The highest BCUT2D eigenvalue weighted by atomic mass is 31.1. The van der Waals surface area contributed by atoms with E-state index < -0.39 is 0 Å². The first kappa shape index (κ1) is 4.61. The van der Waals surface area contributed by atoms with Gasteiger partial charge < -0.3 is 5.09 Å². The number of hydrogen-bond acceptors (Lipinski definition) is 1. The second-order valence-corrected chi connectivity index (χ2v) is 1.97. The molecule has 0 fully saturated rings. The van der Waals surface area contributed by atoms with Crippen LogP contribution >= 0.6 is 8.35 Å². The van der Waals surface area contributed by atoms with Crippen molar-refractivity contribution in [2.75, 3.05) is 0 Å². The van der Waals surface area contributed by atoms with Crippen molar-refractivity contribution < 1.29 is 0 Å². The summed E-state index contributed by atoms with van der Waals surface area (Å²) in [7, 11) is 1.16. The number of allylic oxidation sites excluding steroid dienone is 3. The van der Waals surface area contributed by atoms with Crippen LogP contribution in [0.2, 0.25) is 0 Å². The van der Waals surface area contributed by atoms with Crippen molar-refractivity contribution in [3.05, 3.63) is 24.4 Å². The minimum atomic E-state index is 1.16. The topological polar surface area (TPSA) is 12.0 Å². The van der Waals surface area contributed by atoms with E-state index >= 15 is 0 Å². The molecule has 0 amide bonds. The van der Waals surface area contributed by atoms with Gasteiger partial charge in [0, 0.05) is 14.6 Å². The third-order valence-corrected chi connectivity index (χ3v) is 1.25. The maximum Gasteiger partial charge on any atom is 0.0102 e. The Bertz CT molecular complexity index is 110. The van der Waals surface area contributed by atoms with Crippen LogP contribution in [0.15, 0.2) is 24.4 Å². The molecule has 0 atom stereocenters. The molecule has 0 saturated carbocycles. The maximum atomic E-state index is 3.02. The molecule has 0 aromatic rings. The SMILES string of the molecule is C1=CC=PNC=C1. The molecule has 0 aliphatic carbocycles. The zero-order valence-electron chi connectivity index (χ0n) is 3.83. The Balaban J connectivity index is 2.60. The molecule has 0 bridgehead atoms. The molecule has 1 nitrogen and oxygen atoms in total. The lowest BCUT2D eigenvalue weighted by Gasteiger charge is -1.77. The summed E-state index contributed by atoms with van der Waals surface area (Å²) in [5.74, 6) is 2.04. The Morgan fingerprint density at radius 3 is 3.14 bits per heavy atom. The predicted octanol–water partition coefficient (Wildman–Crippen LogP) is 1.32. The summed E-state index contributed by atoms with van der Waals surface area (Å²) in [6.07, 6.45) is 7.89. The predicted molar refractivity (Wildman–Crippen MR) is 34.4 cm³/mol. The Kier molecular flexibility index (Phi) is 1.71. The van der Waals surface area contributed by atoms with Crippen molar-refractivity contribution in [1.82, 2.24) is 5.09 Å². The van der Waals surface area contributed by atoms with E-state index in [0.717, 1.165) is 8.35 Å². The summed E-state index contributed by atoms with van der Waals surface area (Å²) in [5.41, 5.74) is 0. The molecule has 1 aliphatic heterocycles. The van der Waals surface area contributed by atoms with Gasteiger partial charge in [0.25, 0.3) is 0 Å². The number of rotatable bonds is 0. The van der Waals surface area contributed by atoms with Gasteiger partial charge in [-0.25, -0.2) is 0 Å². The fourth-order valence-electron chi connectivity index (χ4n) is 0.342. The number of hydrogen-bond donors (Lipinski definition) is 1. The summed E-state index contributed by atoms with van der Waals surface area (Å²) < 4.78 is 0. The Hall–Kier alpha value is -0.550. The summed E-state index contributed by atoms with van der Waals surface area (Å²) in [6.45, 7) is 0. The molecule has 1 rings (SSSR count). The van der Waals surface area contributed by atoms with Gasteiger partial charge in [0.05, 0.1) is 0 Å². The summed E-state index contributed by atoms with van der Waals surface area (Å²) in [6, 6.07) is 0. The monoisotopic (exact) mass is 111 g/mol. The first-order valence-corrected chi connectivity index (χ1v) is 3.07. The van der Waals surface area contributed by atoms with Crippen LogP contribution in [0.1, 0.15) is 0 Å². The third-order valence-electron chi connectivity index (χ3n) is 0.628. The second-order valence-electron chi connectivity index (χ2n) is 1.15. The highest BCUT2D eigenvalue weighted by Gasteiger charge is 1.68. The first-order valence-electron chi connectivity index (χ1n) is 2.10. The Morgan fingerprint density at radius 2 is 2.14 bits per heavy atom. The van der Waals surface area contributed by atoms with Gasteiger partial charge in [-0.05, 0) is 11.9 Å². The van der Waals surface area contributed by atoms with Gasteiger partial charge in [-0.2, -0.15) is 0 Å². The fraction of sp³-hybridized carbons (Fsp3) is 0. The Labute approximate surface area is 44.6 Å². The molecule has 0 radical (unpaired) electrons. The van der Waals surface area contributed by atoms with Crippen LogP contribution in [0, 0.1) is 0 Å². The van der Waals surface area contributed by atoms with Crippen LogP contribution in [0.3, 0.4) is 0 Å². The molecular formula is C5H6NP.